The number of hydrogen-bond acceptors (Lipinski definition) is 6. The standard InChI is InChI=1S/C29H29BrN6O2/c1-15-8-17(16-6-7-16)9-19-25-27(31)32-14-33-28(25)35(26(15)19)13-24(38)36-20(11-29(2)12-22(29)36)21(37)10-18-4-3-5-23(30)34-18/h3-5,8-9,14,16,20,22H,6-7,10-13H2,1-2H3,(H2,31,32,33)/t20-,22+,29-/m0/s1. The Morgan fingerprint density at radius 2 is 2.00 bits per heavy atom. The molecule has 0 bridgehead atoms. The fourth-order valence-electron chi connectivity index (χ4n) is 6.59. The van der Waals surface area contributed by atoms with E-state index in [2.05, 4.69) is 56.9 Å². The van der Waals surface area contributed by atoms with E-state index >= 15 is 0 Å². The normalized spacial score (nSPS) is 24.2. The van der Waals surface area contributed by atoms with Crippen LogP contribution in [0.15, 0.2) is 41.3 Å². The summed E-state index contributed by atoms with van der Waals surface area (Å²) in [6.45, 7) is 4.37. The molecule has 0 unspecified atom stereocenters. The lowest BCUT2D eigenvalue weighted by Crippen LogP contribution is -2.45. The van der Waals surface area contributed by atoms with Crippen LogP contribution < -0.4 is 5.73 Å². The molecule has 7 rings (SSSR count). The lowest BCUT2D eigenvalue weighted by atomic mass is 9.97. The molecule has 2 saturated carbocycles. The molecule has 3 fully saturated rings. The summed E-state index contributed by atoms with van der Waals surface area (Å²) in [6, 6.07) is 9.66. The minimum Gasteiger partial charge on any atom is -0.383 e. The number of carbonyl (C=O) groups excluding carboxylic acids is 2. The number of anilines is 1. The van der Waals surface area contributed by atoms with Crippen molar-refractivity contribution in [2.24, 2.45) is 5.41 Å². The van der Waals surface area contributed by atoms with E-state index in [9.17, 15) is 9.59 Å². The van der Waals surface area contributed by atoms with E-state index in [1.165, 1.54) is 24.7 Å². The van der Waals surface area contributed by atoms with Gasteiger partial charge in [0.25, 0.3) is 0 Å². The number of Topliss-reactive ketones (excluding diaryl/α,β-unsaturated/α-hetero) is 1. The highest BCUT2D eigenvalue weighted by atomic mass is 79.9. The van der Waals surface area contributed by atoms with Crippen LogP contribution in [-0.4, -0.2) is 48.2 Å². The molecule has 2 N–H and O–H groups in total. The van der Waals surface area contributed by atoms with Crippen LogP contribution in [0.5, 0.6) is 0 Å². The van der Waals surface area contributed by atoms with Gasteiger partial charge in [0.15, 0.2) is 5.78 Å². The fourth-order valence-corrected chi connectivity index (χ4v) is 6.97. The lowest BCUT2D eigenvalue weighted by Gasteiger charge is -2.27. The van der Waals surface area contributed by atoms with Gasteiger partial charge in [-0.1, -0.05) is 19.1 Å². The smallest absolute Gasteiger partial charge is 0.243 e. The van der Waals surface area contributed by atoms with Crippen molar-refractivity contribution in [1.29, 1.82) is 0 Å². The van der Waals surface area contributed by atoms with Crippen LogP contribution in [0.4, 0.5) is 5.82 Å². The van der Waals surface area contributed by atoms with Crippen molar-refractivity contribution in [3.8, 4) is 0 Å². The van der Waals surface area contributed by atoms with Crippen LogP contribution >= 0.6 is 15.9 Å². The summed E-state index contributed by atoms with van der Waals surface area (Å²) in [7, 11) is 0. The van der Waals surface area contributed by atoms with Crippen LogP contribution in [0.2, 0.25) is 0 Å². The molecule has 1 aliphatic heterocycles. The van der Waals surface area contributed by atoms with Crippen molar-refractivity contribution in [3.63, 3.8) is 0 Å². The second-order valence-electron chi connectivity index (χ2n) is 11.5. The second-order valence-corrected chi connectivity index (χ2v) is 12.4. The summed E-state index contributed by atoms with van der Waals surface area (Å²) >= 11 is 3.39. The maximum absolute atomic E-state index is 14.0. The summed E-state index contributed by atoms with van der Waals surface area (Å²) in [5.41, 5.74) is 11.1. The van der Waals surface area contributed by atoms with Gasteiger partial charge in [-0.25, -0.2) is 15.0 Å². The molecule has 4 aromatic rings. The second kappa shape index (κ2) is 8.33. The Morgan fingerprint density at radius 1 is 1.18 bits per heavy atom. The number of piperidine rings is 1. The maximum Gasteiger partial charge on any atom is 0.243 e. The van der Waals surface area contributed by atoms with Crippen molar-refractivity contribution < 1.29 is 9.59 Å². The Hall–Kier alpha value is -3.33. The zero-order valence-electron chi connectivity index (χ0n) is 21.4. The number of benzene rings is 1. The predicted molar refractivity (Wildman–Crippen MR) is 149 cm³/mol. The molecule has 9 heteroatoms. The number of rotatable bonds is 6. The van der Waals surface area contributed by atoms with Gasteiger partial charge in [-0.15, -0.1) is 0 Å². The summed E-state index contributed by atoms with van der Waals surface area (Å²) < 4.78 is 2.68. The van der Waals surface area contributed by atoms with Gasteiger partial charge in [0.2, 0.25) is 5.91 Å². The minimum atomic E-state index is -0.442. The third-order valence-corrected chi connectivity index (χ3v) is 9.18. The van der Waals surface area contributed by atoms with Gasteiger partial charge in [0.1, 0.15) is 28.9 Å². The van der Waals surface area contributed by atoms with Crippen molar-refractivity contribution in [1.82, 2.24) is 24.4 Å². The number of nitrogens with two attached hydrogens (primary N) is 1. The number of hydrogen-bond donors (Lipinski definition) is 1. The van der Waals surface area contributed by atoms with Crippen molar-refractivity contribution in [2.45, 2.75) is 70.5 Å². The zero-order valence-corrected chi connectivity index (χ0v) is 23.0. The number of aromatic nitrogens is 4. The number of pyridine rings is 1. The molecule has 1 saturated heterocycles. The van der Waals surface area contributed by atoms with E-state index in [4.69, 9.17) is 5.73 Å². The third-order valence-electron chi connectivity index (χ3n) is 8.74. The van der Waals surface area contributed by atoms with Gasteiger partial charge in [-0.2, -0.15) is 0 Å². The van der Waals surface area contributed by atoms with Crippen LogP contribution in [0.3, 0.4) is 0 Å². The first-order valence-corrected chi connectivity index (χ1v) is 14.0. The number of aryl methyl sites for hydroxylation is 1. The number of nitrogen functional groups attached to an aromatic ring is 1. The molecule has 194 valence electrons. The Bertz CT molecular complexity index is 1660. The average Bonchev–Trinajstić information content (AvgIpc) is 3.77. The van der Waals surface area contributed by atoms with E-state index in [-0.39, 0.29) is 36.1 Å². The number of ketones is 1. The molecule has 3 aliphatic rings. The number of amides is 1. The number of halogens is 1. The van der Waals surface area contributed by atoms with Crippen LogP contribution in [0.25, 0.3) is 21.9 Å². The molecule has 4 heterocycles. The SMILES string of the molecule is Cc1cc(C2CC2)cc2c3c(N)ncnc3n(CC(=O)N3[C@H](C(=O)Cc4cccc(Br)n4)C[C@@]4(C)C[C@@H]34)c12. The van der Waals surface area contributed by atoms with Gasteiger partial charge in [0.05, 0.1) is 23.4 Å². The molecule has 0 radical (unpaired) electrons. The third kappa shape index (κ3) is 3.73. The summed E-state index contributed by atoms with van der Waals surface area (Å²) in [4.78, 5) is 42.7. The number of carbonyl (C=O) groups is 2. The molecule has 1 aromatic carbocycles. The molecule has 1 amide bonds. The first-order chi connectivity index (χ1) is 18.2. The quantitative estimate of drug-likeness (QED) is 0.335. The molecule has 0 spiro atoms. The first-order valence-electron chi connectivity index (χ1n) is 13.2. The average molecular weight is 573 g/mol. The lowest BCUT2D eigenvalue weighted by molar-refractivity contribution is -0.139. The Balaban J connectivity index is 1.25. The Labute approximate surface area is 228 Å². The molecular formula is C29H29BrN6O2. The van der Waals surface area contributed by atoms with Crippen molar-refractivity contribution in [2.75, 3.05) is 5.73 Å². The maximum atomic E-state index is 14.0. The first kappa shape index (κ1) is 23.8. The Kier molecular flexibility index (Phi) is 5.21. The molecular weight excluding hydrogens is 544 g/mol. The zero-order chi connectivity index (χ0) is 26.3. The van der Waals surface area contributed by atoms with Crippen molar-refractivity contribution in [3.05, 3.63) is 58.1 Å². The van der Waals surface area contributed by atoms with Gasteiger partial charge in [-0.3, -0.25) is 9.59 Å². The molecule has 3 aromatic heterocycles. The summed E-state index contributed by atoms with van der Waals surface area (Å²) in [5.74, 6) is 0.992. The van der Waals surface area contributed by atoms with Crippen LogP contribution in [0, 0.1) is 12.3 Å². The molecule has 3 atom stereocenters. The largest absolute Gasteiger partial charge is 0.383 e. The predicted octanol–water partition coefficient (Wildman–Crippen LogP) is 4.70. The molecule has 38 heavy (non-hydrogen) atoms. The van der Waals surface area contributed by atoms with Crippen LogP contribution in [0.1, 0.15) is 55.3 Å². The van der Waals surface area contributed by atoms with Gasteiger partial charge in [0, 0.05) is 17.1 Å². The van der Waals surface area contributed by atoms with Gasteiger partial charge in [-0.05, 0) is 89.2 Å². The van der Waals surface area contributed by atoms with E-state index in [0.29, 0.717) is 34.1 Å². The van der Waals surface area contributed by atoms with E-state index in [0.717, 1.165) is 28.3 Å². The van der Waals surface area contributed by atoms with E-state index in [1.807, 2.05) is 27.7 Å². The fraction of sp³-hybridized carbons (Fsp3) is 0.414. The van der Waals surface area contributed by atoms with Crippen LogP contribution in [-0.2, 0) is 22.6 Å². The minimum absolute atomic E-state index is 0.00317. The number of fused-ring (bicyclic) bond motifs is 4. The van der Waals surface area contributed by atoms with Crippen molar-refractivity contribution >= 4 is 55.4 Å². The number of likely N-dealkylation sites (tertiary alicyclic amines) is 1. The van der Waals surface area contributed by atoms with Gasteiger partial charge >= 0.3 is 0 Å². The number of nitrogens with zero attached hydrogens (tertiary/aromatic N) is 5. The monoisotopic (exact) mass is 572 g/mol. The highest BCUT2D eigenvalue weighted by Gasteiger charge is 2.64. The Morgan fingerprint density at radius 3 is 2.76 bits per heavy atom. The van der Waals surface area contributed by atoms with E-state index in [1.54, 1.807) is 0 Å². The molecule has 8 nitrogen and oxygen atoms in total. The highest BCUT2D eigenvalue weighted by Crippen LogP contribution is 2.59. The molecule has 2 aliphatic carbocycles. The topological polar surface area (TPSA) is 107 Å². The summed E-state index contributed by atoms with van der Waals surface area (Å²) in [6.07, 6.45) is 5.70. The van der Waals surface area contributed by atoms with Gasteiger partial charge < -0.3 is 15.2 Å². The summed E-state index contributed by atoms with van der Waals surface area (Å²) in [5, 5.41) is 1.80. The van der Waals surface area contributed by atoms with E-state index < -0.39 is 6.04 Å². The highest BCUT2D eigenvalue weighted by molar-refractivity contribution is 9.10.